The quantitative estimate of drug-likeness (QED) is 0.716. The Kier molecular flexibility index (Phi) is 7.99. The Labute approximate surface area is 94.4 Å². The first-order valence-corrected chi connectivity index (χ1v) is 6.82. The van der Waals surface area contributed by atoms with Crippen LogP contribution in [0.1, 0.15) is 33.1 Å². The lowest BCUT2D eigenvalue weighted by molar-refractivity contribution is 0.646. The van der Waals surface area contributed by atoms with Gasteiger partial charge in [-0.15, -0.1) is 11.8 Å². The van der Waals surface area contributed by atoms with Crippen LogP contribution in [0, 0.1) is 5.92 Å². The van der Waals surface area contributed by atoms with Gasteiger partial charge in [-0.2, -0.15) is 0 Å². The fourth-order valence-electron chi connectivity index (χ4n) is 1.17. The predicted octanol–water partition coefficient (Wildman–Crippen LogP) is 2.36. The lowest BCUT2D eigenvalue weighted by Gasteiger charge is -2.13. The molecular weight excluding hydrogens is 214 g/mol. The van der Waals surface area contributed by atoms with Crippen molar-refractivity contribution in [2.75, 3.05) is 6.26 Å². The number of allylic oxidation sites excluding steroid dienone is 2. The standard InChI is InChI=1S/C10H19NOS2/c1-4-5-6-9(7-14-12)10(11)8(2)13-3/h7,9H,4-6,11H2,1-3H3. The zero-order valence-electron chi connectivity index (χ0n) is 9.08. The van der Waals surface area contributed by atoms with Crippen molar-refractivity contribution < 1.29 is 4.21 Å². The summed E-state index contributed by atoms with van der Waals surface area (Å²) in [4.78, 5) is 1.12. The Morgan fingerprint density at radius 1 is 1.57 bits per heavy atom. The van der Waals surface area contributed by atoms with Crippen LogP contribution in [0.2, 0.25) is 0 Å². The molecule has 0 saturated carbocycles. The molecule has 0 heterocycles. The second-order valence-corrected chi connectivity index (χ2v) is 4.68. The van der Waals surface area contributed by atoms with E-state index in [1.807, 2.05) is 13.2 Å². The maximum Gasteiger partial charge on any atom is 0.0848 e. The van der Waals surface area contributed by atoms with Crippen molar-refractivity contribution in [3.8, 4) is 0 Å². The normalized spacial score (nSPS) is 14.5. The molecule has 0 aliphatic rings. The minimum absolute atomic E-state index is 0.143. The SMILES string of the molecule is CCCCC(C=S=O)C(N)=C(C)SC. The van der Waals surface area contributed by atoms with E-state index in [2.05, 4.69) is 6.92 Å². The van der Waals surface area contributed by atoms with Gasteiger partial charge >= 0.3 is 0 Å². The Bertz CT molecular complexity index is 245. The second kappa shape index (κ2) is 8.12. The summed E-state index contributed by atoms with van der Waals surface area (Å²) in [6.45, 7) is 4.14. The van der Waals surface area contributed by atoms with E-state index in [0.29, 0.717) is 11.3 Å². The van der Waals surface area contributed by atoms with Gasteiger partial charge in [0.1, 0.15) is 0 Å². The van der Waals surface area contributed by atoms with Gasteiger partial charge in [0.15, 0.2) is 0 Å². The number of hydrogen-bond acceptors (Lipinski definition) is 3. The van der Waals surface area contributed by atoms with E-state index in [1.54, 1.807) is 17.1 Å². The summed E-state index contributed by atoms with van der Waals surface area (Å²) in [6.07, 6.45) is 5.24. The van der Waals surface area contributed by atoms with E-state index < -0.39 is 0 Å². The zero-order valence-corrected chi connectivity index (χ0v) is 10.7. The minimum atomic E-state index is 0.143. The first-order chi connectivity index (χ1) is 6.67. The van der Waals surface area contributed by atoms with E-state index in [9.17, 15) is 4.21 Å². The first kappa shape index (κ1) is 13.8. The van der Waals surface area contributed by atoms with Crippen LogP contribution in [0.15, 0.2) is 10.6 Å². The second-order valence-electron chi connectivity index (χ2n) is 3.20. The molecule has 14 heavy (non-hydrogen) atoms. The third kappa shape index (κ3) is 4.86. The van der Waals surface area contributed by atoms with Crippen molar-refractivity contribution in [1.29, 1.82) is 0 Å². The van der Waals surface area contributed by atoms with E-state index in [0.717, 1.165) is 29.9 Å². The van der Waals surface area contributed by atoms with Gasteiger partial charge in [-0.05, 0) is 19.6 Å². The molecule has 0 aromatic rings. The molecule has 0 amide bonds. The Morgan fingerprint density at radius 3 is 2.64 bits per heavy atom. The van der Waals surface area contributed by atoms with Crippen molar-refractivity contribution in [3.05, 3.63) is 10.6 Å². The molecule has 2 nitrogen and oxygen atoms in total. The molecule has 0 aromatic heterocycles. The molecule has 4 heteroatoms. The molecule has 0 rings (SSSR count). The van der Waals surface area contributed by atoms with E-state index in [4.69, 9.17) is 5.73 Å². The van der Waals surface area contributed by atoms with Crippen LogP contribution in [0.3, 0.4) is 0 Å². The van der Waals surface area contributed by atoms with Crippen LogP contribution in [0.5, 0.6) is 0 Å². The topological polar surface area (TPSA) is 43.1 Å². The Hall–Kier alpha value is -0.220. The van der Waals surface area contributed by atoms with Gasteiger partial charge in [0.05, 0.1) is 11.3 Å². The van der Waals surface area contributed by atoms with Crippen LogP contribution in [-0.2, 0) is 11.3 Å². The number of thioether (sulfide) groups is 1. The minimum Gasteiger partial charge on any atom is -0.401 e. The highest BCUT2D eigenvalue weighted by Gasteiger charge is 2.10. The van der Waals surface area contributed by atoms with E-state index in [-0.39, 0.29) is 5.92 Å². The molecule has 0 aliphatic heterocycles. The highest BCUT2D eigenvalue weighted by atomic mass is 32.2. The van der Waals surface area contributed by atoms with Crippen LogP contribution >= 0.6 is 11.8 Å². The molecule has 0 bridgehead atoms. The zero-order chi connectivity index (χ0) is 11.0. The smallest absolute Gasteiger partial charge is 0.0848 e. The fraction of sp³-hybridized carbons (Fsp3) is 0.700. The molecule has 1 unspecified atom stereocenters. The lowest BCUT2D eigenvalue weighted by Crippen LogP contribution is -2.15. The Morgan fingerprint density at radius 2 is 2.21 bits per heavy atom. The largest absolute Gasteiger partial charge is 0.401 e. The van der Waals surface area contributed by atoms with Crippen molar-refractivity contribution in [2.24, 2.45) is 11.7 Å². The third-order valence-corrected chi connectivity index (χ3v) is 3.49. The third-order valence-electron chi connectivity index (χ3n) is 2.20. The molecule has 2 N–H and O–H groups in total. The summed E-state index contributed by atoms with van der Waals surface area (Å²) >= 11 is 2.16. The van der Waals surface area contributed by atoms with E-state index >= 15 is 0 Å². The summed E-state index contributed by atoms with van der Waals surface area (Å²) in [7, 11) is 0. The monoisotopic (exact) mass is 233 g/mol. The van der Waals surface area contributed by atoms with Gasteiger partial charge < -0.3 is 5.73 Å². The molecule has 1 atom stereocenters. The first-order valence-electron chi connectivity index (χ1n) is 4.79. The van der Waals surface area contributed by atoms with Crippen molar-refractivity contribution in [3.63, 3.8) is 0 Å². The summed E-state index contributed by atoms with van der Waals surface area (Å²) in [5, 5.41) is 1.70. The van der Waals surface area contributed by atoms with Crippen molar-refractivity contribution in [2.45, 2.75) is 33.1 Å². The maximum absolute atomic E-state index is 10.5. The molecule has 0 aliphatic carbocycles. The molecule has 0 radical (unpaired) electrons. The number of unbranched alkanes of at least 4 members (excludes halogenated alkanes) is 1. The highest BCUT2D eigenvalue weighted by Crippen LogP contribution is 2.21. The number of nitrogens with two attached hydrogens (primary N) is 1. The molecule has 0 aromatic carbocycles. The molecular formula is C10H19NOS2. The van der Waals surface area contributed by atoms with Crippen LogP contribution in [-0.4, -0.2) is 15.8 Å². The summed E-state index contributed by atoms with van der Waals surface area (Å²) in [5.74, 6) is 0.143. The van der Waals surface area contributed by atoms with Gasteiger partial charge in [0.25, 0.3) is 0 Å². The molecule has 0 fully saturated rings. The van der Waals surface area contributed by atoms with Gasteiger partial charge in [0.2, 0.25) is 0 Å². The van der Waals surface area contributed by atoms with Crippen molar-refractivity contribution >= 4 is 28.4 Å². The summed E-state index contributed by atoms with van der Waals surface area (Å²) in [6, 6.07) is 0. The van der Waals surface area contributed by atoms with Crippen LogP contribution in [0.4, 0.5) is 0 Å². The van der Waals surface area contributed by atoms with Gasteiger partial charge in [-0.3, -0.25) is 0 Å². The predicted molar refractivity (Wildman–Crippen MR) is 67.6 cm³/mol. The lowest BCUT2D eigenvalue weighted by atomic mass is 10.0. The maximum atomic E-state index is 10.5. The summed E-state index contributed by atoms with van der Waals surface area (Å²) < 4.78 is 10.5. The van der Waals surface area contributed by atoms with Gasteiger partial charge in [-0.25, -0.2) is 4.21 Å². The molecule has 82 valence electrons. The Balaban J connectivity index is 4.55. The van der Waals surface area contributed by atoms with E-state index in [1.165, 1.54) is 0 Å². The molecule has 0 spiro atoms. The fourth-order valence-corrected chi connectivity index (χ4v) is 1.97. The van der Waals surface area contributed by atoms with Crippen LogP contribution in [0.25, 0.3) is 0 Å². The number of hydrogen-bond donors (Lipinski definition) is 1. The van der Waals surface area contributed by atoms with Crippen LogP contribution < -0.4 is 5.73 Å². The average molecular weight is 233 g/mol. The molecule has 0 saturated heterocycles. The van der Waals surface area contributed by atoms with Crippen molar-refractivity contribution in [1.82, 2.24) is 0 Å². The number of rotatable bonds is 6. The van der Waals surface area contributed by atoms with Gasteiger partial charge in [0, 0.05) is 21.9 Å². The average Bonchev–Trinajstić information content (AvgIpc) is 2.22. The van der Waals surface area contributed by atoms with Gasteiger partial charge in [-0.1, -0.05) is 19.8 Å². The summed E-state index contributed by atoms with van der Waals surface area (Å²) in [5.41, 5.74) is 6.83. The highest BCUT2D eigenvalue weighted by molar-refractivity contribution is 8.02.